The van der Waals surface area contributed by atoms with Crippen molar-refractivity contribution in [2.75, 3.05) is 32.8 Å². The standard InChI is InChI=1S/C21H24N2O4S/c24-21(19-10-6-16-27-19)22-12-14-23(15-13-22)28(25,26)20-11-5-4-9-18(20)17-7-2-1-3-8-17/h1-5,7-9,11,19H,6,10,12-16H2. The molecule has 6 nitrogen and oxygen atoms in total. The molecule has 1 amide bonds. The molecule has 148 valence electrons. The highest BCUT2D eigenvalue weighted by molar-refractivity contribution is 7.89. The van der Waals surface area contributed by atoms with Crippen molar-refractivity contribution in [3.8, 4) is 11.1 Å². The zero-order chi connectivity index (χ0) is 19.6. The van der Waals surface area contributed by atoms with Gasteiger partial charge in [-0.1, -0.05) is 48.5 Å². The third kappa shape index (κ3) is 3.70. The number of sulfonamides is 1. The molecular formula is C21H24N2O4S. The van der Waals surface area contributed by atoms with Gasteiger partial charge in [0.2, 0.25) is 10.0 Å². The number of piperazine rings is 1. The summed E-state index contributed by atoms with van der Waals surface area (Å²) in [6.45, 7) is 2.01. The summed E-state index contributed by atoms with van der Waals surface area (Å²) >= 11 is 0. The van der Waals surface area contributed by atoms with Crippen molar-refractivity contribution in [1.29, 1.82) is 0 Å². The molecule has 0 bridgehead atoms. The number of hydrogen-bond acceptors (Lipinski definition) is 4. The summed E-state index contributed by atoms with van der Waals surface area (Å²) in [5, 5.41) is 0. The van der Waals surface area contributed by atoms with Crippen molar-refractivity contribution in [1.82, 2.24) is 9.21 Å². The first-order valence-corrected chi connectivity index (χ1v) is 11.1. The Morgan fingerprint density at radius 2 is 1.61 bits per heavy atom. The molecular weight excluding hydrogens is 376 g/mol. The highest BCUT2D eigenvalue weighted by Crippen LogP contribution is 2.30. The van der Waals surface area contributed by atoms with E-state index in [1.165, 1.54) is 4.31 Å². The number of rotatable bonds is 4. The van der Waals surface area contributed by atoms with Crippen LogP contribution in [0.2, 0.25) is 0 Å². The van der Waals surface area contributed by atoms with E-state index >= 15 is 0 Å². The molecule has 2 aliphatic heterocycles. The molecule has 2 aromatic carbocycles. The van der Waals surface area contributed by atoms with Crippen LogP contribution in [-0.2, 0) is 19.6 Å². The Labute approximate surface area is 165 Å². The highest BCUT2D eigenvalue weighted by atomic mass is 32.2. The monoisotopic (exact) mass is 400 g/mol. The highest BCUT2D eigenvalue weighted by Gasteiger charge is 2.34. The molecule has 0 spiro atoms. The lowest BCUT2D eigenvalue weighted by Crippen LogP contribution is -2.52. The normalized spacial score (nSPS) is 21.0. The Balaban J connectivity index is 1.52. The molecule has 0 aliphatic carbocycles. The molecule has 2 aromatic rings. The van der Waals surface area contributed by atoms with Gasteiger partial charge in [0.25, 0.3) is 5.91 Å². The van der Waals surface area contributed by atoms with Gasteiger partial charge in [-0.15, -0.1) is 0 Å². The average Bonchev–Trinajstić information content (AvgIpc) is 3.29. The van der Waals surface area contributed by atoms with Gasteiger partial charge in [0.05, 0.1) is 4.90 Å². The van der Waals surface area contributed by atoms with Crippen molar-refractivity contribution in [3.05, 3.63) is 54.6 Å². The lowest BCUT2D eigenvalue weighted by Gasteiger charge is -2.35. The van der Waals surface area contributed by atoms with Crippen molar-refractivity contribution in [2.24, 2.45) is 0 Å². The molecule has 0 saturated carbocycles. The fourth-order valence-electron chi connectivity index (χ4n) is 3.81. The van der Waals surface area contributed by atoms with Crippen LogP contribution in [0.1, 0.15) is 12.8 Å². The summed E-state index contributed by atoms with van der Waals surface area (Å²) in [4.78, 5) is 14.5. The van der Waals surface area contributed by atoms with Gasteiger partial charge < -0.3 is 9.64 Å². The third-order valence-corrected chi connectivity index (χ3v) is 7.30. The number of hydrogen-bond donors (Lipinski definition) is 0. The third-order valence-electron chi connectivity index (χ3n) is 5.35. The summed E-state index contributed by atoms with van der Waals surface area (Å²) < 4.78 is 33.6. The Morgan fingerprint density at radius 3 is 2.29 bits per heavy atom. The van der Waals surface area contributed by atoms with E-state index in [9.17, 15) is 13.2 Å². The van der Waals surface area contributed by atoms with Gasteiger partial charge in [-0.2, -0.15) is 4.31 Å². The second-order valence-electron chi connectivity index (χ2n) is 7.09. The van der Waals surface area contributed by atoms with Crippen LogP contribution in [0, 0.1) is 0 Å². The summed E-state index contributed by atoms with van der Waals surface area (Å²) in [7, 11) is -3.64. The van der Waals surface area contributed by atoms with Crippen LogP contribution in [0.4, 0.5) is 0 Å². The van der Waals surface area contributed by atoms with Gasteiger partial charge in [0.1, 0.15) is 6.10 Å². The summed E-state index contributed by atoms with van der Waals surface area (Å²) in [6, 6.07) is 16.6. The molecule has 0 aromatic heterocycles. The van der Waals surface area contributed by atoms with E-state index < -0.39 is 10.0 Å². The SMILES string of the molecule is O=C(C1CCCO1)N1CCN(S(=O)(=O)c2ccccc2-c2ccccc2)CC1. The second-order valence-corrected chi connectivity index (χ2v) is 9.00. The van der Waals surface area contributed by atoms with Gasteiger partial charge in [0, 0.05) is 38.3 Å². The Morgan fingerprint density at radius 1 is 0.929 bits per heavy atom. The van der Waals surface area contributed by atoms with E-state index in [0.29, 0.717) is 43.2 Å². The summed E-state index contributed by atoms with van der Waals surface area (Å²) in [5.41, 5.74) is 1.56. The zero-order valence-corrected chi connectivity index (χ0v) is 16.5. The first kappa shape index (κ1) is 19.1. The minimum Gasteiger partial charge on any atom is -0.368 e. The molecule has 2 aliphatic rings. The van der Waals surface area contributed by atoms with Gasteiger partial charge in [-0.25, -0.2) is 8.42 Å². The number of carbonyl (C=O) groups excluding carboxylic acids is 1. The maximum absolute atomic E-state index is 13.3. The Hall–Kier alpha value is -2.22. The minimum absolute atomic E-state index is 0.0146. The van der Waals surface area contributed by atoms with Crippen molar-refractivity contribution in [3.63, 3.8) is 0 Å². The van der Waals surface area contributed by atoms with E-state index in [2.05, 4.69) is 0 Å². The first-order chi connectivity index (χ1) is 13.6. The van der Waals surface area contributed by atoms with Crippen LogP contribution >= 0.6 is 0 Å². The predicted molar refractivity (Wildman–Crippen MR) is 106 cm³/mol. The number of benzene rings is 2. The molecule has 2 heterocycles. The maximum Gasteiger partial charge on any atom is 0.251 e. The van der Waals surface area contributed by atoms with Gasteiger partial charge >= 0.3 is 0 Å². The topological polar surface area (TPSA) is 66.9 Å². The molecule has 4 rings (SSSR count). The van der Waals surface area contributed by atoms with Crippen LogP contribution in [0.15, 0.2) is 59.5 Å². The fraction of sp³-hybridized carbons (Fsp3) is 0.381. The van der Waals surface area contributed by atoms with Gasteiger partial charge in [-0.05, 0) is 24.5 Å². The van der Waals surface area contributed by atoms with E-state index in [1.54, 1.807) is 17.0 Å². The largest absolute Gasteiger partial charge is 0.368 e. The second kappa shape index (κ2) is 8.03. The van der Waals surface area contributed by atoms with Gasteiger partial charge in [0.15, 0.2) is 0 Å². The minimum atomic E-state index is -3.64. The van der Waals surface area contributed by atoms with Crippen LogP contribution in [0.25, 0.3) is 11.1 Å². The smallest absolute Gasteiger partial charge is 0.251 e. The Kier molecular flexibility index (Phi) is 5.48. The quantitative estimate of drug-likeness (QED) is 0.790. The lowest BCUT2D eigenvalue weighted by atomic mass is 10.1. The molecule has 0 radical (unpaired) electrons. The van der Waals surface area contributed by atoms with Gasteiger partial charge in [-0.3, -0.25) is 4.79 Å². The van der Waals surface area contributed by atoms with Crippen LogP contribution in [0.3, 0.4) is 0 Å². The zero-order valence-electron chi connectivity index (χ0n) is 15.7. The molecule has 28 heavy (non-hydrogen) atoms. The molecule has 1 atom stereocenters. The summed E-state index contributed by atoms with van der Waals surface area (Å²) in [5.74, 6) is -0.0146. The van der Waals surface area contributed by atoms with Crippen LogP contribution < -0.4 is 0 Å². The number of ether oxygens (including phenoxy) is 1. The fourth-order valence-corrected chi connectivity index (χ4v) is 5.45. The maximum atomic E-state index is 13.3. The summed E-state index contributed by atoms with van der Waals surface area (Å²) in [6.07, 6.45) is 1.30. The van der Waals surface area contributed by atoms with E-state index in [-0.39, 0.29) is 12.0 Å². The lowest BCUT2D eigenvalue weighted by molar-refractivity contribution is -0.142. The van der Waals surface area contributed by atoms with E-state index in [1.807, 2.05) is 42.5 Å². The Bertz CT molecular complexity index is 932. The van der Waals surface area contributed by atoms with Crippen molar-refractivity contribution >= 4 is 15.9 Å². The molecule has 1 unspecified atom stereocenters. The van der Waals surface area contributed by atoms with E-state index in [0.717, 1.165) is 18.4 Å². The van der Waals surface area contributed by atoms with Crippen molar-refractivity contribution < 1.29 is 17.9 Å². The molecule has 2 fully saturated rings. The van der Waals surface area contributed by atoms with Crippen LogP contribution in [-0.4, -0.2) is 62.4 Å². The van der Waals surface area contributed by atoms with Crippen molar-refractivity contribution in [2.45, 2.75) is 23.8 Å². The molecule has 0 N–H and O–H groups in total. The number of amides is 1. The van der Waals surface area contributed by atoms with Crippen LogP contribution in [0.5, 0.6) is 0 Å². The number of nitrogens with zero attached hydrogens (tertiary/aromatic N) is 2. The average molecular weight is 401 g/mol. The molecule has 7 heteroatoms. The van der Waals surface area contributed by atoms with E-state index in [4.69, 9.17) is 4.74 Å². The number of carbonyl (C=O) groups is 1. The molecule has 2 saturated heterocycles. The predicted octanol–water partition coefficient (Wildman–Crippen LogP) is 2.37. The first-order valence-electron chi connectivity index (χ1n) is 9.62.